The van der Waals surface area contributed by atoms with Crippen molar-refractivity contribution in [2.75, 3.05) is 32.1 Å². The van der Waals surface area contributed by atoms with Crippen LogP contribution in [-0.2, 0) is 6.54 Å². The molecule has 0 aliphatic rings. The molecule has 0 unspecified atom stereocenters. The predicted molar refractivity (Wildman–Crippen MR) is 109 cm³/mol. The van der Waals surface area contributed by atoms with Crippen LogP contribution in [-0.4, -0.2) is 33.1 Å². The van der Waals surface area contributed by atoms with E-state index >= 15 is 0 Å². The Kier molecular flexibility index (Phi) is 11.1. The SMILES string of the molecule is CCCCNC(=NCc1ccc(N(C)C)cc1C)NCC.I. The van der Waals surface area contributed by atoms with Gasteiger partial charge in [-0.05, 0) is 43.5 Å². The molecule has 1 aromatic rings. The molecule has 0 aliphatic heterocycles. The van der Waals surface area contributed by atoms with Gasteiger partial charge in [0.15, 0.2) is 5.96 Å². The zero-order chi connectivity index (χ0) is 15.7. The van der Waals surface area contributed by atoms with E-state index in [1.807, 2.05) is 0 Å². The second-order valence-corrected chi connectivity index (χ2v) is 5.48. The molecule has 22 heavy (non-hydrogen) atoms. The Balaban J connectivity index is 0.00000441. The van der Waals surface area contributed by atoms with Crippen LogP contribution < -0.4 is 15.5 Å². The first-order valence-corrected chi connectivity index (χ1v) is 7.87. The van der Waals surface area contributed by atoms with Crippen molar-refractivity contribution in [1.29, 1.82) is 0 Å². The highest BCUT2D eigenvalue weighted by Gasteiger charge is 2.02. The molecule has 0 saturated carbocycles. The lowest BCUT2D eigenvalue weighted by atomic mass is 10.1. The summed E-state index contributed by atoms with van der Waals surface area (Å²) < 4.78 is 0. The Bertz CT molecular complexity index is 458. The number of aliphatic imine (C=N–C) groups is 1. The van der Waals surface area contributed by atoms with Crippen LogP contribution in [0.25, 0.3) is 0 Å². The van der Waals surface area contributed by atoms with Gasteiger partial charge in [0.1, 0.15) is 0 Å². The molecule has 0 bridgehead atoms. The zero-order valence-electron chi connectivity index (χ0n) is 14.6. The minimum Gasteiger partial charge on any atom is -0.378 e. The molecule has 0 radical (unpaired) electrons. The van der Waals surface area contributed by atoms with Gasteiger partial charge < -0.3 is 15.5 Å². The Morgan fingerprint density at radius 2 is 1.91 bits per heavy atom. The van der Waals surface area contributed by atoms with Gasteiger partial charge in [-0.2, -0.15) is 0 Å². The molecule has 0 fully saturated rings. The first-order valence-electron chi connectivity index (χ1n) is 7.87. The molecular weight excluding hydrogens is 387 g/mol. The minimum absolute atomic E-state index is 0. The minimum atomic E-state index is 0. The number of nitrogens with one attached hydrogen (secondary N) is 2. The summed E-state index contributed by atoms with van der Waals surface area (Å²) in [5.74, 6) is 0.905. The van der Waals surface area contributed by atoms with Gasteiger partial charge in [0.05, 0.1) is 6.54 Å². The van der Waals surface area contributed by atoms with Gasteiger partial charge >= 0.3 is 0 Å². The second-order valence-electron chi connectivity index (χ2n) is 5.48. The van der Waals surface area contributed by atoms with Crippen molar-refractivity contribution in [2.45, 2.75) is 40.2 Å². The van der Waals surface area contributed by atoms with E-state index in [4.69, 9.17) is 0 Å². The number of benzene rings is 1. The second kappa shape index (κ2) is 11.6. The van der Waals surface area contributed by atoms with Crippen LogP contribution in [0.4, 0.5) is 5.69 Å². The lowest BCUT2D eigenvalue weighted by molar-refractivity contribution is 0.730. The summed E-state index contributed by atoms with van der Waals surface area (Å²) in [7, 11) is 4.13. The van der Waals surface area contributed by atoms with Crippen molar-refractivity contribution in [3.63, 3.8) is 0 Å². The van der Waals surface area contributed by atoms with Crippen molar-refractivity contribution < 1.29 is 0 Å². The van der Waals surface area contributed by atoms with E-state index in [0.717, 1.165) is 19.0 Å². The number of halogens is 1. The van der Waals surface area contributed by atoms with E-state index < -0.39 is 0 Å². The van der Waals surface area contributed by atoms with Crippen LogP contribution in [0, 0.1) is 6.92 Å². The van der Waals surface area contributed by atoms with Crippen LogP contribution in [0.2, 0.25) is 0 Å². The highest BCUT2D eigenvalue weighted by atomic mass is 127. The summed E-state index contributed by atoms with van der Waals surface area (Å²) in [6, 6.07) is 6.53. The Hall–Kier alpha value is -0.980. The number of anilines is 1. The highest BCUT2D eigenvalue weighted by molar-refractivity contribution is 14.0. The van der Waals surface area contributed by atoms with Crippen molar-refractivity contribution in [3.8, 4) is 0 Å². The van der Waals surface area contributed by atoms with E-state index in [9.17, 15) is 0 Å². The fourth-order valence-corrected chi connectivity index (χ4v) is 2.03. The summed E-state index contributed by atoms with van der Waals surface area (Å²) in [4.78, 5) is 6.79. The smallest absolute Gasteiger partial charge is 0.191 e. The normalized spacial score (nSPS) is 10.9. The van der Waals surface area contributed by atoms with Crippen molar-refractivity contribution >= 4 is 35.6 Å². The third-order valence-electron chi connectivity index (χ3n) is 3.42. The summed E-state index contributed by atoms with van der Waals surface area (Å²) in [6.07, 6.45) is 2.36. The van der Waals surface area contributed by atoms with Gasteiger partial charge in [-0.1, -0.05) is 19.4 Å². The number of hydrogen-bond acceptors (Lipinski definition) is 2. The molecule has 0 amide bonds. The largest absolute Gasteiger partial charge is 0.378 e. The van der Waals surface area contributed by atoms with E-state index in [0.29, 0.717) is 6.54 Å². The van der Waals surface area contributed by atoms with Crippen LogP contribution >= 0.6 is 24.0 Å². The Morgan fingerprint density at radius 1 is 1.18 bits per heavy atom. The molecule has 0 aliphatic carbocycles. The first-order chi connectivity index (χ1) is 10.1. The Morgan fingerprint density at radius 3 is 2.45 bits per heavy atom. The van der Waals surface area contributed by atoms with Crippen LogP contribution in [0.15, 0.2) is 23.2 Å². The maximum Gasteiger partial charge on any atom is 0.191 e. The average molecular weight is 418 g/mol. The fraction of sp³-hybridized carbons (Fsp3) is 0.588. The molecule has 0 heterocycles. The summed E-state index contributed by atoms with van der Waals surface area (Å²) in [5.41, 5.74) is 3.79. The number of guanidine groups is 1. The predicted octanol–water partition coefficient (Wildman–Crippen LogP) is 3.53. The summed E-state index contributed by atoms with van der Waals surface area (Å²) >= 11 is 0. The lowest BCUT2D eigenvalue weighted by Gasteiger charge is -2.15. The number of unbranched alkanes of at least 4 members (excludes halogenated alkanes) is 1. The average Bonchev–Trinajstić information content (AvgIpc) is 2.45. The highest BCUT2D eigenvalue weighted by Crippen LogP contribution is 2.17. The molecule has 4 nitrogen and oxygen atoms in total. The van der Waals surface area contributed by atoms with Gasteiger partial charge in [0.2, 0.25) is 0 Å². The van der Waals surface area contributed by atoms with Gasteiger partial charge in [-0.15, -0.1) is 24.0 Å². The molecule has 2 N–H and O–H groups in total. The molecule has 0 saturated heterocycles. The van der Waals surface area contributed by atoms with Gasteiger partial charge in [0, 0.05) is 32.9 Å². The number of aryl methyl sites for hydroxylation is 1. The molecule has 126 valence electrons. The number of nitrogens with zero attached hydrogens (tertiary/aromatic N) is 2. The van der Waals surface area contributed by atoms with Gasteiger partial charge in [0.25, 0.3) is 0 Å². The van der Waals surface area contributed by atoms with E-state index in [1.165, 1.54) is 29.7 Å². The van der Waals surface area contributed by atoms with E-state index in [-0.39, 0.29) is 24.0 Å². The quantitative estimate of drug-likeness (QED) is 0.308. The lowest BCUT2D eigenvalue weighted by Crippen LogP contribution is -2.37. The monoisotopic (exact) mass is 418 g/mol. The maximum atomic E-state index is 4.67. The van der Waals surface area contributed by atoms with Gasteiger partial charge in [-0.25, -0.2) is 4.99 Å². The van der Waals surface area contributed by atoms with Crippen LogP contribution in [0.1, 0.15) is 37.8 Å². The maximum absolute atomic E-state index is 4.67. The zero-order valence-corrected chi connectivity index (χ0v) is 16.9. The van der Waals surface area contributed by atoms with E-state index in [2.05, 4.69) is 73.6 Å². The van der Waals surface area contributed by atoms with Crippen molar-refractivity contribution in [3.05, 3.63) is 29.3 Å². The van der Waals surface area contributed by atoms with E-state index in [1.54, 1.807) is 0 Å². The summed E-state index contributed by atoms with van der Waals surface area (Å²) in [5, 5.41) is 6.66. The molecule has 1 aromatic carbocycles. The molecule has 0 spiro atoms. The number of hydrogen-bond donors (Lipinski definition) is 2. The topological polar surface area (TPSA) is 39.7 Å². The first kappa shape index (κ1) is 21.0. The van der Waals surface area contributed by atoms with Crippen LogP contribution in [0.5, 0.6) is 0 Å². The Labute approximate surface area is 152 Å². The molecule has 1 rings (SSSR count). The molecular formula is C17H31IN4. The summed E-state index contributed by atoms with van der Waals surface area (Å²) in [6.45, 7) is 9.00. The van der Waals surface area contributed by atoms with Crippen molar-refractivity contribution in [2.24, 2.45) is 4.99 Å². The fourth-order valence-electron chi connectivity index (χ4n) is 2.03. The number of rotatable bonds is 7. The molecule has 0 atom stereocenters. The van der Waals surface area contributed by atoms with Crippen molar-refractivity contribution in [1.82, 2.24) is 10.6 Å². The third-order valence-corrected chi connectivity index (χ3v) is 3.42. The molecule has 0 aromatic heterocycles. The van der Waals surface area contributed by atoms with Gasteiger partial charge in [-0.3, -0.25) is 0 Å². The van der Waals surface area contributed by atoms with Crippen LogP contribution in [0.3, 0.4) is 0 Å². The third kappa shape index (κ3) is 7.33. The standard InChI is InChI=1S/C17H30N4.HI/c1-6-8-11-19-17(18-7-2)20-13-15-9-10-16(21(4)5)12-14(15)3;/h9-10,12H,6-8,11,13H2,1-5H3,(H2,18,19,20);1H. The molecule has 5 heteroatoms.